The molecule has 30 heavy (non-hydrogen) atoms. The molecule has 0 radical (unpaired) electrons. The molecular weight excluding hydrogens is 382 g/mol. The van der Waals surface area contributed by atoms with E-state index in [1.54, 1.807) is 11.0 Å². The molecule has 6 heteroatoms. The predicted octanol–water partition coefficient (Wildman–Crippen LogP) is 2.93. The third kappa shape index (κ3) is 2.49. The van der Waals surface area contributed by atoms with Gasteiger partial charge in [-0.25, -0.2) is 0 Å². The van der Waals surface area contributed by atoms with Crippen molar-refractivity contribution in [2.75, 3.05) is 26.3 Å². The largest absolute Gasteiger partial charge is 0.425 e. The Hall–Kier alpha value is -2.73. The van der Waals surface area contributed by atoms with Crippen LogP contribution in [0.1, 0.15) is 32.3 Å². The molecule has 5 rings (SSSR count). The number of rotatable bonds is 2. The summed E-state index contributed by atoms with van der Waals surface area (Å²) in [5.41, 5.74) is -1.35. The van der Waals surface area contributed by atoms with E-state index in [9.17, 15) is 14.4 Å². The van der Waals surface area contributed by atoms with Gasteiger partial charge in [-0.15, -0.1) is 0 Å². The van der Waals surface area contributed by atoms with Crippen molar-refractivity contribution in [3.63, 3.8) is 0 Å². The van der Waals surface area contributed by atoms with Gasteiger partial charge in [0.15, 0.2) is 5.41 Å². The molecule has 156 valence electrons. The van der Waals surface area contributed by atoms with Gasteiger partial charge in [-0.1, -0.05) is 51.1 Å². The highest BCUT2D eigenvalue weighted by atomic mass is 16.5. The summed E-state index contributed by atoms with van der Waals surface area (Å²) in [7, 11) is 0. The van der Waals surface area contributed by atoms with E-state index in [2.05, 4.69) is 0 Å². The molecule has 3 unspecified atom stereocenters. The van der Waals surface area contributed by atoms with E-state index in [0.29, 0.717) is 32.1 Å². The first-order valence-corrected chi connectivity index (χ1v) is 10.4. The molecule has 1 saturated carbocycles. The highest BCUT2D eigenvalue weighted by molar-refractivity contribution is 6.17. The number of benzene rings is 2. The van der Waals surface area contributed by atoms with Gasteiger partial charge in [-0.05, 0) is 16.8 Å². The summed E-state index contributed by atoms with van der Waals surface area (Å²) < 4.78 is 11.1. The number of carbonyl (C=O) groups excluding carboxylic acids is 3. The van der Waals surface area contributed by atoms with E-state index in [-0.39, 0.29) is 11.7 Å². The summed E-state index contributed by atoms with van der Waals surface area (Å²) in [5, 5.41) is 1.92. The summed E-state index contributed by atoms with van der Waals surface area (Å²) in [6.07, 6.45) is 0. The van der Waals surface area contributed by atoms with Crippen LogP contribution in [0.4, 0.5) is 0 Å². The minimum absolute atomic E-state index is 0.0770. The number of fused-ring (bicyclic) bond motifs is 5. The van der Waals surface area contributed by atoms with Crippen LogP contribution in [0.5, 0.6) is 5.75 Å². The van der Waals surface area contributed by atoms with Gasteiger partial charge in [-0.2, -0.15) is 0 Å². The maximum Gasteiger partial charge on any atom is 0.328 e. The van der Waals surface area contributed by atoms with Crippen LogP contribution in [0.25, 0.3) is 10.8 Å². The number of carbonyl (C=O) groups is 3. The summed E-state index contributed by atoms with van der Waals surface area (Å²) >= 11 is 0. The minimum atomic E-state index is -1.47. The maximum absolute atomic E-state index is 13.7. The van der Waals surface area contributed by atoms with E-state index >= 15 is 0 Å². The monoisotopic (exact) mass is 407 g/mol. The van der Waals surface area contributed by atoms with Crippen LogP contribution < -0.4 is 4.74 Å². The molecule has 1 amide bonds. The molecule has 2 aromatic carbocycles. The van der Waals surface area contributed by atoms with E-state index in [1.165, 1.54) is 0 Å². The molecule has 2 aliphatic heterocycles. The number of hydrogen-bond donors (Lipinski definition) is 0. The second-order valence-electron chi connectivity index (χ2n) is 9.43. The van der Waals surface area contributed by atoms with Crippen molar-refractivity contribution in [3.8, 4) is 5.75 Å². The Morgan fingerprint density at radius 1 is 1.07 bits per heavy atom. The Morgan fingerprint density at radius 3 is 2.47 bits per heavy atom. The van der Waals surface area contributed by atoms with Crippen molar-refractivity contribution in [2.24, 2.45) is 16.7 Å². The van der Waals surface area contributed by atoms with Crippen molar-refractivity contribution >= 4 is 28.4 Å². The fraction of sp³-hybridized carbons (Fsp3) is 0.458. The van der Waals surface area contributed by atoms with Crippen LogP contribution in [0, 0.1) is 16.7 Å². The Kier molecular flexibility index (Phi) is 4.09. The van der Waals surface area contributed by atoms with E-state index in [4.69, 9.17) is 9.47 Å². The molecule has 2 aromatic rings. The number of morpholine rings is 1. The molecular formula is C24H25NO5. The first-order chi connectivity index (χ1) is 14.3. The molecule has 2 heterocycles. The summed E-state index contributed by atoms with van der Waals surface area (Å²) in [6.45, 7) is 7.20. The van der Waals surface area contributed by atoms with Crippen molar-refractivity contribution < 1.29 is 23.9 Å². The molecule has 2 fully saturated rings. The highest BCUT2D eigenvalue weighted by Crippen LogP contribution is 2.72. The number of ketones is 1. The van der Waals surface area contributed by atoms with Crippen molar-refractivity contribution in [1.82, 2.24) is 4.90 Å². The SMILES string of the molecule is CC(C)(C)C(=O)C1C2c3c(ccc4ccccc34)OC(=O)C12C(=O)N1CCOCC1. The minimum Gasteiger partial charge on any atom is -0.425 e. The van der Waals surface area contributed by atoms with Gasteiger partial charge in [-0.3, -0.25) is 14.4 Å². The van der Waals surface area contributed by atoms with Crippen molar-refractivity contribution in [3.05, 3.63) is 42.0 Å². The molecule has 0 spiro atoms. The van der Waals surface area contributed by atoms with Gasteiger partial charge in [0, 0.05) is 30.0 Å². The summed E-state index contributed by atoms with van der Waals surface area (Å²) in [5.74, 6) is -1.74. The lowest BCUT2D eigenvalue weighted by Crippen LogP contribution is -2.50. The fourth-order valence-corrected chi connectivity index (χ4v) is 5.11. The zero-order valence-corrected chi connectivity index (χ0v) is 17.4. The molecule has 1 saturated heterocycles. The Bertz CT molecular complexity index is 1080. The average Bonchev–Trinajstić information content (AvgIpc) is 3.44. The summed E-state index contributed by atoms with van der Waals surface area (Å²) in [4.78, 5) is 42.2. The number of esters is 1. The lowest BCUT2D eigenvalue weighted by molar-refractivity contribution is -0.157. The van der Waals surface area contributed by atoms with E-state index in [0.717, 1.165) is 16.3 Å². The van der Waals surface area contributed by atoms with Gasteiger partial charge >= 0.3 is 5.97 Å². The zero-order valence-electron chi connectivity index (χ0n) is 17.4. The number of ether oxygens (including phenoxy) is 2. The number of nitrogens with zero attached hydrogens (tertiary/aromatic N) is 1. The molecule has 0 aromatic heterocycles. The van der Waals surface area contributed by atoms with Gasteiger partial charge in [0.25, 0.3) is 0 Å². The fourth-order valence-electron chi connectivity index (χ4n) is 5.11. The van der Waals surface area contributed by atoms with Gasteiger partial charge in [0.2, 0.25) is 5.91 Å². The Labute approximate surface area is 175 Å². The van der Waals surface area contributed by atoms with Crippen LogP contribution in [-0.2, 0) is 19.1 Å². The normalized spacial score (nSPS) is 27.8. The van der Waals surface area contributed by atoms with Gasteiger partial charge < -0.3 is 14.4 Å². The van der Waals surface area contributed by atoms with Gasteiger partial charge in [0.1, 0.15) is 11.5 Å². The lowest BCUT2D eigenvalue weighted by Gasteiger charge is -2.32. The van der Waals surface area contributed by atoms with Gasteiger partial charge in [0.05, 0.1) is 19.1 Å². The molecule has 3 atom stereocenters. The highest BCUT2D eigenvalue weighted by Gasteiger charge is 2.81. The zero-order chi connectivity index (χ0) is 21.3. The van der Waals surface area contributed by atoms with Crippen LogP contribution in [0.3, 0.4) is 0 Å². The number of Topliss-reactive ketones (excluding diaryl/α,β-unsaturated/α-hetero) is 1. The van der Waals surface area contributed by atoms with E-state index in [1.807, 2.05) is 51.1 Å². The molecule has 3 aliphatic rings. The summed E-state index contributed by atoms with van der Waals surface area (Å²) in [6, 6.07) is 11.5. The second-order valence-corrected chi connectivity index (χ2v) is 9.43. The first-order valence-electron chi connectivity index (χ1n) is 10.4. The second kappa shape index (κ2) is 6.38. The Balaban J connectivity index is 1.70. The average molecular weight is 407 g/mol. The number of hydrogen-bond acceptors (Lipinski definition) is 5. The smallest absolute Gasteiger partial charge is 0.328 e. The maximum atomic E-state index is 13.7. The van der Waals surface area contributed by atoms with Crippen molar-refractivity contribution in [2.45, 2.75) is 26.7 Å². The lowest BCUT2D eigenvalue weighted by atomic mass is 9.84. The van der Waals surface area contributed by atoms with Crippen LogP contribution in [0.2, 0.25) is 0 Å². The third-order valence-corrected chi connectivity index (χ3v) is 6.66. The number of amides is 1. The molecule has 0 bridgehead atoms. The standard InChI is InChI=1S/C24H25NO5/c1-23(2,3)20(26)19-18-17-15-7-5-4-6-14(15)8-9-16(17)30-22(28)24(18,19)21(27)25-10-12-29-13-11-25/h4-9,18-19H,10-13H2,1-3H3. The molecule has 1 aliphatic carbocycles. The van der Waals surface area contributed by atoms with E-state index < -0.39 is 28.6 Å². The van der Waals surface area contributed by atoms with Crippen LogP contribution in [0.15, 0.2) is 36.4 Å². The third-order valence-electron chi connectivity index (χ3n) is 6.66. The first kappa shape index (κ1) is 19.2. The quantitative estimate of drug-likeness (QED) is 0.435. The topological polar surface area (TPSA) is 72.9 Å². The predicted molar refractivity (Wildman–Crippen MR) is 110 cm³/mol. The van der Waals surface area contributed by atoms with Crippen LogP contribution >= 0.6 is 0 Å². The van der Waals surface area contributed by atoms with Crippen molar-refractivity contribution in [1.29, 1.82) is 0 Å². The molecule has 6 nitrogen and oxygen atoms in total. The Morgan fingerprint density at radius 2 is 1.77 bits per heavy atom. The molecule has 0 N–H and O–H groups in total. The van der Waals surface area contributed by atoms with Crippen LogP contribution in [-0.4, -0.2) is 48.9 Å².